The fourth-order valence-electron chi connectivity index (χ4n) is 11.3. The number of carbonyl (C=O) groups excluding carboxylic acids is 2. The molecular weight excluding hydrogens is 959 g/mol. The minimum atomic E-state index is -0.841. The van der Waals surface area contributed by atoms with Crippen LogP contribution in [0.5, 0.6) is 0 Å². The molecule has 0 fully saturated rings. The van der Waals surface area contributed by atoms with Crippen LogP contribution in [-0.4, -0.2) is 47.4 Å². The maximum atomic E-state index is 12.5. The molecule has 6 heteroatoms. The van der Waals surface area contributed by atoms with Gasteiger partial charge in [-0.25, -0.2) is 0 Å². The van der Waals surface area contributed by atoms with Crippen molar-refractivity contribution in [2.45, 2.75) is 411 Å². The number of aliphatic hydroxyl groups excluding tert-OH is 2. The lowest BCUT2D eigenvalue weighted by Crippen LogP contribution is -2.45. The van der Waals surface area contributed by atoms with E-state index in [2.05, 4.69) is 31.3 Å². The van der Waals surface area contributed by atoms with Crippen LogP contribution in [0.4, 0.5) is 0 Å². The van der Waals surface area contributed by atoms with Gasteiger partial charge in [-0.1, -0.05) is 353 Å². The molecule has 1 amide bonds. The van der Waals surface area contributed by atoms with E-state index >= 15 is 0 Å². The highest BCUT2D eigenvalue weighted by Crippen LogP contribution is 2.19. The summed E-state index contributed by atoms with van der Waals surface area (Å²) in [6.07, 6.45) is 85.5. The Bertz CT molecular complexity index is 1220. The van der Waals surface area contributed by atoms with E-state index in [0.717, 1.165) is 38.5 Å². The van der Waals surface area contributed by atoms with Gasteiger partial charge < -0.3 is 20.3 Å². The number of allylic oxidation sites excluding steroid dienone is 3. The summed E-state index contributed by atoms with van der Waals surface area (Å²) < 4.78 is 5.51. The van der Waals surface area contributed by atoms with E-state index in [1.165, 1.54) is 334 Å². The number of hydrogen-bond donors (Lipinski definition) is 3. The zero-order chi connectivity index (χ0) is 56.4. The Labute approximate surface area is 488 Å². The fourth-order valence-corrected chi connectivity index (χ4v) is 11.3. The van der Waals surface area contributed by atoms with Gasteiger partial charge in [0.1, 0.15) is 0 Å². The number of aliphatic hydroxyl groups is 2. The lowest BCUT2D eigenvalue weighted by molar-refractivity contribution is -0.143. The molecule has 0 radical (unpaired) electrons. The molecule has 0 saturated carbocycles. The largest absolute Gasteiger partial charge is 0.466 e. The third-order valence-electron chi connectivity index (χ3n) is 16.7. The Morgan fingerprint density at radius 3 is 0.910 bits per heavy atom. The monoisotopic (exact) mass is 1100 g/mol. The quantitative estimate of drug-likeness (QED) is 0.0320. The van der Waals surface area contributed by atoms with E-state index < -0.39 is 12.1 Å². The van der Waals surface area contributed by atoms with Crippen LogP contribution >= 0.6 is 0 Å². The van der Waals surface area contributed by atoms with Gasteiger partial charge in [-0.05, 0) is 57.8 Å². The van der Waals surface area contributed by atoms with Crippen LogP contribution in [0.1, 0.15) is 399 Å². The number of esters is 1. The van der Waals surface area contributed by atoms with Gasteiger partial charge in [-0.15, -0.1) is 0 Å². The van der Waals surface area contributed by atoms with E-state index in [9.17, 15) is 19.8 Å². The van der Waals surface area contributed by atoms with Gasteiger partial charge in [0.05, 0.1) is 25.4 Å². The first-order valence-corrected chi connectivity index (χ1v) is 35.6. The smallest absolute Gasteiger partial charge is 0.305 e. The van der Waals surface area contributed by atoms with Crippen LogP contribution in [0.15, 0.2) is 24.3 Å². The summed E-state index contributed by atoms with van der Waals surface area (Å²) in [5, 5.41) is 23.1. The van der Waals surface area contributed by atoms with E-state index in [4.69, 9.17) is 4.74 Å². The summed E-state index contributed by atoms with van der Waals surface area (Å²) in [7, 11) is 0. The first kappa shape index (κ1) is 76.3. The molecule has 0 bridgehead atoms. The van der Waals surface area contributed by atoms with Gasteiger partial charge in [0.25, 0.3) is 0 Å². The van der Waals surface area contributed by atoms with Crippen molar-refractivity contribution in [3.8, 4) is 0 Å². The number of unbranched alkanes of at least 4 members (excludes halogenated alkanes) is 54. The zero-order valence-corrected chi connectivity index (χ0v) is 52.9. The molecule has 0 heterocycles. The molecule has 0 saturated heterocycles. The Balaban J connectivity index is 3.32. The summed E-state index contributed by atoms with van der Waals surface area (Å²) in [6.45, 7) is 4.93. The number of carbonyl (C=O) groups is 2. The molecule has 0 aliphatic heterocycles. The highest BCUT2D eigenvalue weighted by Gasteiger charge is 2.18. The third-order valence-corrected chi connectivity index (χ3v) is 16.7. The Morgan fingerprint density at radius 1 is 0.346 bits per heavy atom. The first-order valence-electron chi connectivity index (χ1n) is 35.6. The summed E-state index contributed by atoms with van der Waals surface area (Å²) in [5.74, 6) is -0.0434. The molecule has 0 rings (SSSR count). The number of amides is 1. The number of ether oxygens (including phenoxy) is 1. The molecule has 2 unspecified atom stereocenters. The molecule has 78 heavy (non-hydrogen) atoms. The molecular formula is C72H139NO5. The van der Waals surface area contributed by atoms with Gasteiger partial charge >= 0.3 is 5.97 Å². The minimum absolute atomic E-state index is 0.0194. The molecule has 0 aromatic carbocycles. The van der Waals surface area contributed by atoms with Crippen molar-refractivity contribution >= 4 is 11.9 Å². The van der Waals surface area contributed by atoms with Crippen molar-refractivity contribution in [1.82, 2.24) is 5.32 Å². The topological polar surface area (TPSA) is 95.9 Å². The second-order valence-electron chi connectivity index (χ2n) is 24.6. The van der Waals surface area contributed by atoms with E-state index in [0.29, 0.717) is 19.4 Å². The van der Waals surface area contributed by atoms with Crippen LogP contribution in [0.25, 0.3) is 0 Å². The number of hydrogen-bond acceptors (Lipinski definition) is 5. The molecule has 0 aromatic rings. The van der Waals surface area contributed by atoms with E-state index in [1.807, 2.05) is 6.08 Å². The number of nitrogens with one attached hydrogen (secondary N) is 1. The normalized spacial score (nSPS) is 12.6. The predicted octanol–water partition coefficient (Wildman–Crippen LogP) is 22.9. The third kappa shape index (κ3) is 63.5. The van der Waals surface area contributed by atoms with Crippen molar-refractivity contribution in [3.05, 3.63) is 24.3 Å². The standard InChI is InChI=1S/C72H139NO5/c1-3-5-7-9-11-13-15-17-18-19-31-35-38-42-46-50-54-58-62-66-72(77)78-67-63-59-55-51-47-43-39-36-33-30-28-26-24-22-20-21-23-25-27-29-32-34-37-41-45-49-53-57-61-65-71(76)73-69(68-74)70(75)64-60-56-52-48-44-40-16-14-12-10-8-6-4-2/h17-18,60,64,69-70,74-75H,3-16,19-59,61-63,65-68H2,1-2H3,(H,73,76)/b18-17-,64-60+. The maximum absolute atomic E-state index is 12.5. The number of rotatable bonds is 67. The molecule has 6 nitrogen and oxygen atoms in total. The molecule has 0 aliphatic rings. The van der Waals surface area contributed by atoms with E-state index in [-0.39, 0.29) is 18.5 Å². The predicted molar refractivity (Wildman–Crippen MR) is 343 cm³/mol. The summed E-state index contributed by atoms with van der Waals surface area (Å²) in [5.41, 5.74) is 0. The Morgan fingerprint density at radius 2 is 0.603 bits per heavy atom. The average molecular weight is 1100 g/mol. The van der Waals surface area contributed by atoms with Gasteiger partial charge in [0, 0.05) is 12.8 Å². The van der Waals surface area contributed by atoms with Gasteiger partial charge in [-0.3, -0.25) is 9.59 Å². The average Bonchev–Trinajstić information content (AvgIpc) is 3.44. The second-order valence-corrected chi connectivity index (χ2v) is 24.6. The van der Waals surface area contributed by atoms with Crippen molar-refractivity contribution in [2.24, 2.45) is 0 Å². The highest BCUT2D eigenvalue weighted by atomic mass is 16.5. The van der Waals surface area contributed by atoms with Crippen LogP contribution in [0.2, 0.25) is 0 Å². The zero-order valence-electron chi connectivity index (χ0n) is 52.9. The van der Waals surface area contributed by atoms with E-state index in [1.54, 1.807) is 6.08 Å². The Hall–Kier alpha value is -1.66. The fraction of sp³-hybridized carbons (Fsp3) is 0.917. The summed E-state index contributed by atoms with van der Waals surface area (Å²) in [4.78, 5) is 24.6. The van der Waals surface area contributed by atoms with Crippen LogP contribution < -0.4 is 5.32 Å². The molecule has 2 atom stereocenters. The van der Waals surface area contributed by atoms with Gasteiger partial charge in [0.2, 0.25) is 5.91 Å². The molecule has 0 aliphatic carbocycles. The first-order chi connectivity index (χ1) is 38.5. The maximum Gasteiger partial charge on any atom is 0.305 e. The molecule has 462 valence electrons. The van der Waals surface area contributed by atoms with Gasteiger partial charge in [0.15, 0.2) is 0 Å². The Kier molecular flexibility index (Phi) is 66.4. The molecule has 3 N–H and O–H groups in total. The van der Waals surface area contributed by atoms with Crippen molar-refractivity contribution in [1.29, 1.82) is 0 Å². The van der Waals surface area contributed by atoms with Crippen LogP contribution in [0.3, 0.4) is 0 Å². The summed E-state index contributed by atoms with van der Waals surface area (Å²) >= 11 is 0. The van der Waals surface area contributed by atoms with Gasteiger partial charge in [-0.2, -0.15) is 0 Å². The minimum Gasteiger partial charge on any atom is -0.466 e. The highest BCUT2D eigenvalue weighted by molar-refractivity contribution is 5.76. The van der Waals surface area contributed by atoms with Crippen molar-refractivity contribution in [3.63, 3.8) is 0 Å². The molecule has 0 aromatic heterocycles. The molecule has 0 spiro atoms. The summed E-state index contributed by atoms with van der Waals surface area (Å²) in [6, 6.07) is -0.624. The second kappa shape index (κ2) is 67.8. The van der Waals surface area contributed by atoms with Crippen molar-refractivity contribution in [2.75, 3.05) is 13.2 Å². The lowest BCUT2D eigenvalue weighted by atomic mass is 10.0. The van der Waals surface area contributed by atoms with Crippen molar-refractivity contribution < 1.29 is 24.5 Å². The lowest BCUT2D eigenvalue weighted by Gasteiger charge is -2.20. The van der Waals surface area contributed by atoms with Crippen LogP contribution in [-0.2, 0) is 14.3 Å². The SMILES string of the molecule is CCCCCCCC/C=C\CCCCCCCCCCCC(=O)OCCCCCCCCCCCCCCCCCCCCCCCCCCCCCCCC(=O)NC(CO)C(O)/C=C/CCCCCCCCCCCCC. The van der Waals surface area contributed by atoms with Crippen LogP contribution in [0, 0.1) is 0 Å².